The van der Waals surface area contributed by atoms with Gasteiger partial charge in [0, 0.05) is 25.2 Å². The fourth-order valence-corrected chi connectivity index (χ4v) is 5.78. The van der Waals surface area contributed by atoms with Gasteiger partial charge in [-0.1, -0.05) is 37.1 Å². The standard InChI is InChI=1S/C29H34F2N4O2/c30-22-8-3-19(4-9-22)26(20-5-10-23(31)11-6-20)27(32)28(36)35-25-17-33-15-21(25)7-12-24-16-34-18-29(37-24)13-1-2-14-29/h3-6,8-11,17,24,26-27,34H,1-2,7,12-16,18,32H2,(H,35,36)/t24-,27+/m1/s1. The van der Waals surface area contributed by atoms with E-state index in [-0.39, 0.29) is 29.2 Å². The molecule has 1 amide bonds. The summed E-state index contributed by atoms with van der Waals surface area (Å²) in [4.78, 5) is 17.7. The summed E-state index contributed by atoms with van der Waals surface area (Å²) in [6.07, 6.45) is 8.12. The Hall–Kier alpha value is -2.94. The number of allylic oxidation sites excluding steroid dienone is 1. The van der Waals surface area contributed by atoms with Crippen molar-refractivity contribution in [3.05, 3.63) is 82.6 Å². The van der Waals surface area contributed by atoms with Gasteiger partial charge in [0.1, 0.15) is 11.6 Å². The molecule has 37 heavy (non-hydrogen) atoms. The Labute approximate surface area is 216 Å². The van der Waals surface area contributed by atoms with Gasteiger partial charge in [-0.25, -0.2) is 8.78 Å². The lowest BCUT2D eigenvalue weighted by molar-refractivity contribution is -0.121. The minimum atomic E-state index is -0.980. The number of carbonyl (C=O) groups is 1. The SMILES string of the molecule is N[C@H](C(=O)NC1=C(CC[C@@H]2CNCC3(CCCC3)O2)CN=C1)C(c1ccc(F)cc1)c1ccc(F)cc1. The molecule has 1 saturated heterocycles. The topological polar surface area (TPSA) is 88.7 Å². The Balaban J connectivity index is 1.27. The van der Waals surface area contributed by atoms with Gasteiger partial charge in [0.2, 0.25) is 5.91 Å². The summed E-state index contributed by atoms with van der Waals surface area (Å²) >= 11 is 0. The van der Waals surface area contributed by atoms with Crippen LogP contribution in [0, 0.1) is 11.6 Å². The second-order valence-corrected chi connectivity index (χ2v) is 10.4. The first-order valence-electron chi connectivity index (χ1n) is 13.1. The molecule has 5 rings (SSSR count). The molecule has 1 aliphatic carbocycles. The van der Waals surface area contributed by atoms with E-state index in [4.69, 9.17) is 10.5 Å². The van der Waals surface area contributed by atoms with Crippen LogP contribution < -0.4 is 16.4 Å². The quantitative estimate of drug-likeness (QED) is 0.504. The zero-order chi connectivity index (χ0) is 25.8. The van der Waals surface area contributed by atoms with Crippen molar-refractivity contribution in [2.24, 2.45) is 10.7 Å². The first kappa shape index (κ1) is 25.7. The molecule has 1 spiro atoms. The summed E-state index contributed by atoms with van der Waals surface area (Å²) < 4.78 is 33.7. The summed E-state index contributed by atoms with van der Waals surface area (Å²) in [6, 6.07) is 10.8. The molecule has 2 aromatic carbocycles. The van der Waals surface area contributed by atoms with E-state index in [2.05, 4.69) is 15.6 Å². The van der Waals surface area contributed by atoms with Crippen LogP contribution in [0.3, 0.4) is 0 Å². The van der Waals surface area contributed by atoms with Crippen LogP contribution in [0.1, 0.15) is 55.6 Å². The zero-order valence-electron chi connectivity index (χ0n) is 20.9. The van der Waals surface area contributed by atoms with Gasteiger partial charge in [-0.3, -0.25) is 9.79 Å². The number of morpholine rings is 1. The van der Waals surface area contributed by atoms with Crippen LogP contribution in [0.25, 0.3) is 0 Å². The molecule has 4 N–H and O–H groups in total. The molecule has 0 bridgehead atoms. The zero-order valence-corrected chi connectivity index (χ0v) is 20.9. The maximum absolute atomic E-state index is 13.6. The maximum atomic E-state index is 13.6. The highest BCUT2D eigenvalue weighted by molar-refractivity contribution is 5.93. The normalized spacial score (nSPS) is 21.7. The molecular weight excluding hydrogens is 474 g/mol. The van der Waals surface area contributed by atoms with E-state index in [1.165, 1.54) is 37.1 Å². The van der Waals surface area contributed by atoms with E-state index in [1.807, 2.05) is 0 Å². The number of ether oxygens (including phenoxy) is 1. The van der Waals surface area contributed by atoms with Gasteiger partial charge in [-0.05, 0) is 66.6 Å². The van der Waals surface area contributed by atoms with Gasteiger partial charge in [-0.15, -0.1) is 0 Å². The van der Waals surface area contributed by atoms with Crippen LogP contribution in [0.15, 0.2) is 64.8 Å². The number of hydrogen-bond acceptors (Lipinski definition) is 5. The van der Waals surface area contributed by atoms with Crippen molar-refractivity contribution < 1.29 is 18.3 Å². The third-order valence-corrected chi connectivity index (χ3v) is 7.78. The van der Waals surface area contributed by atoms with Crippen molar-refractivity contribution in [2.45, 2.75) is 62.2 Å². The molecule has 8 heteroatoms. The fraction of sp³-hybridized carbons (Fsp3) is 0.448. The van der Waals surface area contributed by atoms with E-state index in [0.29, 0.717) is 23.4 Å². The van der Waals surface area contributed by atoms with Crippen LogP contribution in [0.5, 0.6) is 0 Å². The molecule has 3 aliphatic rings. The highest BCUT2D eigenvalue weighted by Crippen LogP contribution is 2.36. The second kappa shape index (κ2) is 11.2. The number of nitrogens with two attached hydrogens (primary N) is 1. The van der Waals surface area contributed by atoms with Crippen LogP contribution in [0.4, 0.5) is 8.78 Å². The first-order chi connectivity index (χ1) is 17.9. The monoisotopic (exact) mass is 508 g/mol. The number of amides is 1. The van der Waals surface area contributed by atoms with Crippen LogP contribution in [0.2, 0.25) is 0 Å². The van der Waals surface area contributed by atoms with Crippen molar-refractivity contribution in [3.63, 3.8) is 0 Å². The molecule has 1 saturated carbocycles. The predicted octanol–water partition coefficient (Wildman–Crippen LogP) is 3.96. The number of nitrogens with zero attached hydrogens (tertiary/aromatic N) is 1. The predicted molar refractivity (Wildman–Crippen MR) is 139 cm³/mol. The van der Waals surface area contributed by atoms with E-state index >= 15 is 0 Å². The summed E-state index contributed by atoms with van der Waals surface area (Å²) in [6.45, 7) is 2.30. The average molecular weight is 509 g/mol. The largest absolute Gasteiger partial charge is 0.369 e. The smallest absolute Gasteiger partial charge is 0.242 e. The average Bonchev–Trinajstić information content (AvgIpc) is 3.54. The number of hydrogen-bond donors (Lipinski definition) is 3. The van der Waals surface area contributed by atoms with E-state index in [0.717, 1.165) is 44.3 Å². The molecule has 2 heterocycles. The highest BCUT2D eigenvalue weighted by Gasteiger charge is 2.39. The van der Waals surface area contributed by atoms with Crippen LogP contribution >= 0.6 is 0 Å². The van der Waals surface area contributed by atoms with Crippen molar-refractivity contribution in [1.82, 2.24) is 10.6 Å². The van der Waals surface area contributed by atoms with E-state index in [1.54, 1.807) is 30.5 Å². The Bertz CT molecular complexity index is 1110. The summed E-state index contributed by atoms with van der Waals surface area (Å²) in [5.41, 5.74) is 9.55. The third-order valence-electron chi connectivity index (χ3n) is 7.78. The molecular formula is C29H34F2N4O2. The number of nitrogens with one attached hydrogen (secondary N) is 2. The Morgan fingerprint density at radius 2 is 1.70 bits per heavy atom. The number of rotatable bonds is 8. The fourth-order valence-electron chi connectivity index (χ4n) is 5.78. The molecule has 6 nitrogen and oxygen atoms in total. The Kier molecular flexibility index (Phi) is 7.79. The molecule has 0 unspecified atom stereocenters. The Morgan fingerprint density at radius 3 is 2.32 bits per heavy atom. The van der Waals surface area contributed by atoms with Gasteiger partial charge >= 0.3 is 0 Å². The van der Waals surface area contributed by atoms with Gasteiger partial charge in [0.25, 0.3) is 0 Å². The second-order valence-electron chi connectivity index (χ2n) is 10.4. The summed E-state index contributed by atoms with van der Waals surface area (Å²) in [7, 11) is 0. The lowest BCUT2D eigenvalue weighted by Gasteiger charge is -2.39. The number of benzene rings is 2. The van der Waals surface area contributed by atoms with Crippen molar-refractivity contribution in [2.75, 3.05) is 19.6 Å². The van der Waals surface area contributed by atoms with Crippen LogP contribution in [-0.2, 0) is 9.53 Å². The number of aliphatic imine (C=N–C) groups is 1. The van der Waals surface area contributed by atoms with E-state index in [9.17, 15) is 13.6 Å². The van der Waals surface area contributed by atoms with Crippen LogP contribution in [-0.4, -0.2) is 49.5 Å². The van der Waals surface area contributed by atoms with Gasteiger partial charge < -0.3 is 21.1 Å². The number of carbonyl (C=O) groups excluding carboxylic acids is 1. The van der Waals surface area contributed by atoms with Gasteiger partial charge in [-0.2, -0.15) is 0 Å². The maximum Gasteiger partial charge on any atom is 0.242 e. The molecule has 2 fully saturated rings. The highest BCUT2D eigenvalue weighted by atomic mass is 19.1. The first-order valence-corrected chi connectivity index (χ1v) is 13.1. The Morgan fingerprint density at radius 1 is 1.08 bits per heavy atom. The van der Waals surface area contributed by atoms with Crippen molar-refractivity contribution >= 4 is 12.1 Å². The lowest BCUT2D eigenvalue weighted by atomic mass is 9.85. The minimum absolute atomic E-state index is 0.0109. The molecule has 196 valence electrons. The molecule has 0 aromatic heterocycles. The van der Waals surface area contributed by atoms with Crippen molar-refractivity contribution in [1.29, 1.82) is 0 Å². The molecule has 2 aromatic rings. The molecule has 2 aliphatic heterocycles. The lowest BCUT2D eigenvalue weighted by Crippen LogP contribution is -2.52. The summed E-state index contributed by atoms with van der Waals surface area (Å²) in [5.74, 6) is -1.71. The molecule has 0 radical (unpaired) electrons. The van der Waals surface area contributed by atoms with Gasteiger partial charge in [0.15, 0.2) is 0 Å². The molecule has 2 atom stereocenters. The summed E-state index contributed by atoms with van der Waals surface area (Å²) in [5, 5.41) is 6.52. The van der Waals surface area contributed by atoms with E-state index < -0.39 is 12.0 Å². The minimum Gasteiger partial charge on any atom is -0.369 e. The number of halogens is 2. The van der Waals surface area contributed by atoms with Gasteiger partial charge in [0.05, 0.1) is 30.0 Å². The third kappa shape index (κ3) is 5.98. The van der Waals surface area contributed by atoms with Crippen molar-refractivity contribution in [3.8, 4) is 0 Å².